The monoisotopic (exact) mass is 789 g/mol. The summed E-state index contributed by atoms with van der Waals surface area (Å²) in [6.07, 6.45) is 3.51. The molecule has 300 valence electrons. The first-order valence-electron chi connectivity index (χ1n) is 19.9. The van der Waals surface area contributed by atoms with Crippen molar-refractivity contribution in [1.82, 2.24) is 35.3 Å². The molecule has 0 atom stereocenters. The number of aromatic hydroxyl groups is 1. The van der Waals surface area contributed by atoms with E-state index in [-0.39, 0.29) is 28.1 Å². The van der Waals surface area contributed by atoms with Crippen LogP contribution in [0.15, 0.2) is 84.0 Å². The molecule has 0 aliphatic heterocycles. The second-order valence-electron chi connectivity index (χ2n) is 15.6. The van der Waals surface area contributed by atoms with E-state index in [2.05, 4.69) is 80.6 Å². The Balaban J connectivity index is 1.19. The summed E-state index contributed by atoms with van der Waals surface area (Å²) >= 11 is 1.49. The molecule has 6 rings (SSSR count). The number of aromatic nitrogens is 6. The number of rotatable bonds is 18. The molecule has 1 amide bonds. The number of benzene rings is 4. The molecule has 0 fully saturated rings. The third kappa shape index (κ3) is 9.12. The van der Waals surface area contributed by atoms with E-state index in [4.69, 9.17) is 14.6 Å². The van der Waals surface area contributed by atoms with Crippen LogP contribution in [0.3, 0.4) is 0 Å². The molecule has 2 heterocycles. The van der Waals surface area contributed by atoms with E-state index in [1.54, 1.807) is 21.5 Å². The Bertz CT molecular complexity index is 2320. The fraction of sp³-hybridized carbons (Fsp3) is 0.400. The van der Waals surface area contributed by atoms with Gasteiger partial charge in [0.05, 0.1) is 23.6 Å². The summed E-state index contributed by atoms with van der Waals surface area (Å²) in [7, 11) is 0. The number of phenolic OH excluding ortho intramolecular Hbond substituents is 1. The Labute approximate surface area is 340 Å². The molecule has 0 spiro atoms. The summed E-state index contributed by atoms with van der Waals surface area (Å²) in [6.45, 7) is 19.1. The lowest BCUT2D eigenvalue weighted by Gasteiger charge is -2.30. The predicted molar refractivity (Wildman–Crippen MR) is 227 cm³/mol. The Kier molecular flexibility index (Phi) is 12.9. The van der Waals surface area contributed by atoms with Gasteiger partial charge in [-0.15, -0.1) is 5.10 Å². The number of para-hydroxylation sites is 1. The number of unbranched alkanes of at least 4 members (excludes halogenated alkanes) is 1. The van der Waals surface area contributed by atoms with Gasteiger partial charge in [-0.3, -0.25) is 4.79 Å². The number of hydrogen-bond acceptors (Lipinski definition) is 9. The summed E-state index contributed by atoms with van der Waals surface area (Å²) in [5, 5.41) is 33.3. The van der Waals surface area contributed by atoms with Crippen molar-refractivity contribution in [3.63, 3.8) is 0 Å². The van der Waals surface area contributed by atoms with Crippen LogP contribution in [-0.2, 0) is 23.1 Å². The van der Waals surface area contributed by atoms with Crippen LogP contribution in [0.25, 0.3) is 16.5 Å². The van der Waals surface area contributed by atoms with Crippen molar-refractivity contribution < 1.29 is 19.4 Å². The van der Waals surface area contributed by atoms with Gasteiger partial charge in [-0.1, -0.05) is 108 Å². The second-order valence-corrected chi connectivity index (χ2v) is 16.5. The molecule has 11 nitrogen and oxygen atoms in total. The number of nitrogens with zero attached hydrogens (tertiary/aromatic N) is 6. The van der Waals surface area contributed by atoms with Gasteiger partial charge in [-0.25, -0.2) is 9.36 Å². The number of nitrogens with one attached hydrogen (secondary N) is 1. The topological polar surface area (TPSA) is 129 Å². The third-order valence-corrected chi connectivity index (χ3v) is 12.1. The third-order valence-electron chi connectivity index (χ3n) is 11.1. The molecule has 0 bridgehead atoms. The first-order chi connectivity index (χ1) is 27.4. The van der Waals surface area contributed by atoms with Crippen LogP contribution in [0.5, 0.6) is 23.1 Å². The van der Waals surface area contributed by atoms with E-state index >= 15 is 0 Å². The molecule has 57 heavy (non-hydrogen) atoms. The first kappa shape index (κ1) is 41.3. The molecule has 0 saturated heterocycles. The number of phenols is 1. The minimum atomic E-state index is -0.389. The van der Waals surface area contributed by atoms with Crippen molar-refractivity contribution in [1.29, 1.82) is 0 Å². The molecule has 12 heteroatoms. The number of ether oxygens (including phenoxy) is 2. The zero-order valence-corrected chi connectivity index (χ0v) is 35.2. The number of hydrogen-bond donors (Lipinski definition) is 2. The number of amides is 1. The Morgan fingerprint density at radius 2 is 1.60 bits per heavy atom. The Hall–Kier alpha value is -5.36. The Morgan fingerprint density at radius 3 is 2.32 bits per heavy atom. The maximum absolute atomic E-state index is 13.7. The van der Waals surface area contributed by atoms with Gasteiger partial charge in [0.15, 0.2) is 0 Å². The maximum atomic E-state index is 13.7. The maximum Gasteiger partial charge on any atom is 0.255 e. The molecule has 4 aromatic carbocycles. The van der Waals surface area contributed by atoms with Gasteiger partial charge < -0.3 is 19.9 Å². The van der Waals surface area contributed by atoms with Crippen LogP contribution in [-0.4, -0.2) is 54.2 Å². The Morgan fingerprint density at radius 1 is 0.877 bits per heavy atom. The first-order valence-corrected chi connectivity index (χ1v) is 20.9. The highest BCUT2D eigenvalue weighted by molar-refractivity contribution is 7.98. The van der Waals surface area contributed by atoms with Crippen molar-refractivity contribution in [3.8, 4) is 28.8 Å². The van der Waals surface area contributed by atoms with Gasteiger partial charge in [0.1, 0.15) is 17.2 Å². The van der Waals surface area contributed by atoms with Crippen LogP contribution in [0.4, 0.5) is 0 Å². The van der Waals surface area contributed by atoms with Gasteiger partial charge in [-0.2, -0.15) is 5.10 Å². The zero-order chi connectivity index (χ0) is 40.7. The number of aryl methyl sites for hydroxylation is 2. The molecular formula is C45H55N7O4S. The summed E-state index contributed by atoms with van der Waals surface area (Å²) < 4.78 is 16.7. The van der Waals surface area contributed by atoms with Crippen molar-refractivity contribution in [2.45, 2.75) is 109 Å². The smallest absolute Gasteiger partial charge is 0.255 e. The van der Waals surface area contributed by atoms with Gasteiger partial charge in [0.25, 0.3) is 5.91 Å². The lowest BCUT2D eigenvalue weighted by Crippen LogP contribution is -2.25. The van der Waals surface area contributed by atoms with E-state index < -0.39 is 0 Å². The predicted octanol–water partition coefficient (Wildman–Crippen LogP) is 10.1. The van der Waals surface area contributed by atoms with Gasteiger partial charge in [-0.05, 0) is 90.6 Å². The summed E-state index contributed by atoms with van der Waals surface area (Å²) in [6, 6.07) is 25.4. The van der Waals surface area contributed by atoms with E-state index in [0.717, 1.165) is 42.0 Å². The minimum Gasteiger partial charge on any atom is -0.506 e. The van der Waals surface area contributed by atoms with Crippen molar-refractivity contribution in [2.24, 2.45) is 0 Å². The second kappa shape index (κ2) is 17.8. The number of carbonyl (C=O) groups is 1. The highest BCUT2D eigenvalue weighted by atomic mass is 32.2. The molecule has 6 aromatic rings. The minimum absolute atomic E-state index is 0.0252. The van der Waals surface area contributed by atoms with Crippen LogP contribution in [0.2, 0.25) is 0 Å². The van der Waals surface area contributed by atoms with Crippen LogP contribution in [0, 0.1) is 6.92 Å². The number of tetrazole rings is 1. The van der Waals surface area contributed by atoms with Gasteiger partial charge in [0, 0.05) is 40.7 Å². The summed E-state index contributed by atoms with van der Waals surface area (Å²) in [4.78, 5) is 13.7. The zero-order valence-electron chi connectivity index (χ0n) is 34.4. The SMILES string of the molecule is CCn1nnnc1SCc1c(C)nn(-c2ccccc2)c1Oc1cc(C(=O)NCCCCOc2ccc(C(C)(C)CC)cc2C(C)(C)CC)c(O)c2ccccc12. The number of carbonyl (C=O) groups excluding carboxylic acids is 1. The molecule has 0 saturated carbocycles. The molecule has 0 unspecified atom stereocenters. The van der Waals surface area contributed by atoms with Crippen LogP contribution >= 0.6 is 11.8 Å². The quantitative estimate of drug-likeness (QED) is 0.0646. The number of thioether (sulfide) groups is 1. The van der Waals surface area contributed by atoms with E-state index in [9.17, 15) is 9.90 Å². The van der Waals surface area contributed by atoms with Gasteiger partial charge >= 0.3 is 0 Å². The molecule has 2 N–H and O–H groups in total. The van der Waals surface area contributed by atoms with Crippen molar-refractivity contribution in [3.05, 3.63) is 107 Å². The van der Waals surface area contributed by atoms with E-state index in [1.807, 2.05) is 62.4 Å². The molecule has 0 radical (unpaired) electrons. The largest absolute Gasteiger partial charge is 0.506 e. The summed E-state index contributed by atoms with van der Waals surface area (Å²) in [5.74, 6) is 1.83. The standard InChI is InChI=1S/C45H55N7O4S/c1-9-44(5,6)31-23-24-38(37(27-31)45(7,8)10-2)55-26-18-17-25-46-41(54)35-28-39(33-21-15-16-22-34(33)40(35)53)56-42-36(29-57-43-47-49-50-51(43)11-3)30(4)48-52(42)32-19-13-12-14-20-32/h12-16,19-24,27-28,53H,9-11,17-18,25-26,29H2,1-8H3,(H,46,54). The number of fused-ring (bicyclic) bond motifs is 1. The highest BCUT2D eigenvalue weighted by Crippen LogP contribution is 2.42. The van der Waals surface area contributed by atoms with Crippen LogP contribution < -0.4 is 14.8 Å². The lowest BCUT2D eigenvalue weighted by atomic mass is 9.76. The van der Waals surface area contributed by atoms with Crippen LogP contribution in [0.1, 0.15) is 107 Å². The highest BCUT2D eigenvalue weighted by Gasteiger charge is 2.27. The summed E-state index contributed by atoms with van der Waals surface area (Å²) in [5.41, 5.74) is 5.20. The lowest BCUT2D eigenvalue weighted by molar-refractivity contribution is 0.0949. The van der Waals surface area contributed by atoms with Crippen molar-refractivity contribution in [2.75, 3.05) is 13.2 Å². The fourth-order valence-corrected chi connectivity index (χ4v) is 7.60. The van der Waals surface area contributed by atoms with Gasteiger partial charge in [0.2, 0.25) is 11.0 Å². The molecule has 0 aliphatic carbocycles. The van der Waals surface area contributed by atoms with E-state index in [1.165, 1.54) is 22.9 Å². The molecular weight excluding hydrogens is 735 g/mol. The fourth-order valence-electron chi connectivity index (χ4n) is 6.58. The molecule has 0 aliphatic rings. The average molecular weight is 790 g/mol. The average Bonchev–Trinajstić information content (AvgIpc) is 3.82. The van der Waals surface area contributed by atoms with Crippen molar-refractivity contribution >= 4 is 28.4 Å². The van der Waals surface area contributed by atoms with E-state index in [0.29, 0.717) is 59.4 Å². The normalized spacial score (nSPS) is 11.9. The molecule has 2 aromatic heterocycles.